The third kappa shape index (κ3) is 3.44. The van der Waals surface area contributed by atoms with Crippen LogP contribution in [0.2, 0.25) is 0 Å². The van der Waals surface area contributed by atoms with E-state index in [0.29, 0.717) is 28.7 Å². The van der Waals surface area contributed by atoms with Gasteiger partial charge in [-0.05, 0) is 44.0 Å². The summed E-state index contributed by atoms with van der Waals surface area (Å²) in [6, 6.07) is 16.7. The van der Waals surface area contributed by atoms with E-state index in [1.54, 1.807) is 11.1 Å². The highest BCUT2D eigenvalue weighted by molar-refractivity contribution is 6.17. The second-order valence-corrected chi connectivity index (χ2v) is 8.84. The molecule has 1 amide bonds. The molecule has 0 saturated carbocycles. The second kappa shape index (κ2) is 8.41. The van der Waals surface area contributed by atoms with E-state index in [2.05, 4.69) is 5.10 Å². The Morgan fingerprint density at radius 2 is 1.82 bits per heavy atom. The minimum Gasteiger partial charge on any atom is -0.467 e. The van der Waals surface area contributed by atoms with Crippen LogP contribution in [0.25, 0.3) is 22.3 Å². The topological polar surface area (TPSA) is 77.3 Å². The molecule has 5 rings (SSSR count). The molecule has 0 saturated heterocycles. The number of methoxy groups -OCH3 is 1. The molecule has 1 atom stereocenters. The average Bonchev–Trinajstić information content (AvgIpc) is 3.44. The summed E-state index contributed by atoms with van der Waals surface area (Å²) in [6.07, 6.45) is 2.10. The molecule has 0 radical (unpaired) electrons. The molecule has 7 heteroatoms. The zero-order valence-electron chi connectivity index (χ0n) is 19.6. The van der Waals surface area contributed by atoms with E-state index in [9.17, 15) is 9.59 Å². The maximum absolute atomic E-state index is 14.2. The Morgan fingerprint density at radius 1 is 1.09 bits per heavy atom. The maximum atomic E-state index is 14.2. The first-order valence-corrected chi connectivity index (χ1v) is 11.3. The molecule has 34 heavy (non-hydrogen) atoms. The van der Waals surface area contributed by atoms with Crippen molar-refractivity contribution in [3.05, 3.63) is 77.5 Å². The summed E-state index contributed by atoms with van der Waals surface area (Å²) in [5.41, 5.74) is 5.46. The Hall–Kier alpha value is -4.00. The van der Waals surface area contributed by atoms with Gasteiger partial charge >= 0.3 is 5.97 Å². The molecule has 0 aliphatic carbocycles. The van der Waals surface area contributed by atoms with E-state index in [4.69, 9.17) is 9.72 Å². The zero-order chi connectivity index (χ0) is 24.0. The fourth-order valence-electron chi connectivity index (χ4n) is 4.66. The number of rotatable bonds is 4. The number of pyridine rings is 1. The first-order valence-electron chi connectivity index (χ1n) is 11.3. The van der Waals surface area contributed by atoms with Gasteiger partial charge in [0.25, 0.3) is 5.91 Å². The molecule has 3 heterocycles. The van der Waals surface area contributed by atoms with Gasteiger partial charge in [0, 0.05) is 23.7 Å². The normalized spacial score (nSPS) is 15.1. The first-order chi connectivity index (χ1) is 16.4. The number of esters is 1. The lowest BCUT2D eigenvalue weighted by atomic mass is 10.0. The van der Waals surface area contributed by atoms with E-state index < -0.39 is 12.0 Å². The fourth-order valence-corrected chi connectivity index (χ4v) is 4.66. The van der Waals surface area contributed by atoms with E-state index in [0.717, 1.165) is 22.4 Å². The van der Waals surface area contributed by atoms with Gasteiger partial charge in [0.05, 0.1) is 30.0 Å². The molecule has 0 fully saturated rings. The smallest absolute Gasteiger partial charge is 0.329 e. The Morgan fingerprint density at radius 3 is 2.56 bits per heavy atom. The minimum atomic E-state index is -0.722. The van der Waals surface area contributed by atoms with Crippen molar-refractivity contribution >= 4 is 28.6 Å². The molecule has 4 aromatic rings. The molecule has 0 N–H and O–H groups in total. The van der Waals surface area contributed by atoms with Crippen LogP contribution in [0.4, 0.5) is 5.69 Å². The predicted octanol–water partition coefficient (Wildman–Crippen LogP) is 4.73. The van der Waals surface area contributed by atoms with Crippen molar-refractivity contribution in [1.29, 1.82) is 0 Å². The SMILES string of the molecule is COC(=O)C1Cc2ccccc2N1C(=O)c1cc(-c2ccccc2C)nc2c1cnn2C(C)C. The molecule has 2 aromatic carbocycles. The van der Waals surface area contributed by atoms with Crippen molar-refractivity contribution in [3.63, 3.8) is 0 Å². The molecule has 2 aromatic heterocycles. The number of para-hydroxylation sites is 1. The molecule has 172 valence electrons. The number of hydrogen-bond acceptors (Lipinski definition) is 5. The summed E-state index contributed by atoms with van der Waals surface area (Å²) >= 11 is 0. The van der Waals surface area contributed by atoms with Crippen LogP contribution in [-0.2, 0) is 16.0 Å². The van der Waals surface area contributed by atoms with Crippen LogP contribution in [0, 0.1) is 6.92 Å². The number of carbonyl (C=O) groups is 2. The van der Waals surface area contributed by atoms with Crippen molar-refractivity contribution in [2.75, 3.05) is 12.0 Å². The van der Waals surface area contributed by atoms with E-state index in [1.165, 1.54) is 7.11 Å². The molecule has 1 unspecified atom stereocenters. The van der Waals surface area contributed by atoms with E-state index in [-0.39, 0.29) is 11.9 Å². The second-order valence-electron chi connectivity index (χ2n) is 8.84. The number of fused-ring (bicyclic) bond motifs is 2. The highest BCUT2D eigenvalue weighted by Gasteiger charge is 2.40. The predicted molar refractivity (Wildman–Crippen MR) is 131 cm³/mol. The lowest BCUT2D eigenvalue weighted by molar-refractivity contribution is -0.141. The lowest BCUT2D eigenvalue weighted by Gasteiger charge is -2.24. The summed E-state index contributed by atoms with van der Waals surface area (Å²) in [5, 5.41) is 5.18. The van der Waals surface area contributed by atoms with Crippen LogP contribution in [-0.4, -0.2) is 39.8 Å². The van der Waals surface area contributed by atoms with Crippen molar-refractivity contribution in [1.82, 2.24) is 14.8 Å². The lowest BCUT2D eigenvalue weighted by Crippen LogP contribution is -2.43. The Bertz CT molecular complexity index is 1420. The molecule has 0 bridgehead atoms. The quantitative estimate of drug-likeness (QED) is 0.417. The van der Waals surface area contributed by atoms with Gasteiger partial charge in [0.1, 0.15) is 6.04 Å². The van der Waals surface area contributed by atoms with E-state index >= 15 is 0 Å². The zero-order valence-corrected chi connectivity index (χ0v) is 19.6. The maximum Gasteiger partial charge on any atom is 0.329 e. The Kier molecular flexibility index (Phi) is 5.40. The third-order valence-corrected chi connectivity index (χ3v) is 6.38. The van der Waals surface area contributed by atoms with Gasteiger partial charge in [-0.15, -0.1) is 0 Å². The van der Waals surface area contributed by atoms with Crippen molar-refractivity contribution in [2.24, 2.45) is 0 Å². The monoisotopic (exact) mass is 454 g/mol. The average molecular weight is 455 g/mol. The van der Waals surface area contributed by atoms with Gasteiger partial charge in [-0.2, -0.15) is 5.10 Å². The molecule has 1 aliphatic heterocycles. The number of amides is 1. The van der Waals surface area contributed by atoms with Gasteiger partial charge in [-0.25, -0.2) is 14.5 Å². The third-order valence-electron chi connectivity index (χ3n) is 6.38. The summed E-state index contributed by atoms with van der Waals surface area (Å²) in [6.45, 7) is 6.08. The summed E-state index contributed by atoms with van der Waals surface area (Å²) in [5.74, 6) is -0.710. The highest BCUT2D eigenvalue weighted by Crippen LogP contribution is 2.36. The summed E-state index contributed by atoms with van der Waals surface area (Å²) in [7, 11) is 1.35. The fraction of sp³-hybridized carbons (Fsp3) is 0.259. The van der Waals surface area contributed by atoms with Crippen LogP contribution in [0.15, 0.2) is 60.8 Å². The molecule has 1 aliphatic rings. The number of aryl methyl sites for hydroxylation is 1. The van der Waals surface area contributed by atoms with Crippen LogP contribution in [0.1, 0.15) is 41.4 Å². The van der Waals surface area contributed by atoms with Crippen LogP contribution in [0.5, 0.6) is 0 Å². The Labute approximate surface area is 198 Å². The van der Waals surface area contributed by atoms with Gasteiger partial charge < -0.3 is 4.74 Å². The number of ether oxygens (including phenoxy) is 1. The highest BCUT2D eigenvalue weighted by atomic mass is 16.5. The van der Waals surface area contributed by atoms with Crippen molar-refractivity contribution in [2.45, 2.75) is 39.3 Å². The van der Waals surface area contributed by atoms with Crippen molar-refractivity contribution < 1.29 is 14.3 Å². The van der Waals surface area contributed by atoms with Crippen LogP contribution >= 0.6 is 0 Å². The van der Waals surface area contributed by atoms with Gasteiger partial charge in [0.15, 0.2) is 5.65 Å². The minimum absolute atomic E-state index is 0.0652. The standard InChI is InChI=1S/C27H26N4O3/c1-16(2)31-25-21(15-28-31)20(14-22(29-25)19-11-7-5-9-17(19)3)26(32)30-23-12-8-6-10-18(23)13-24(30)27(33)34-4/h5-12,14-16,24H,13H2,1-4H3. The molecular weight excluding hydrogens is 428 g/mol. The van der Waals surface area contributed by atoms with E-state index in [1.807, 2.05) is 80.1 Å². The molecular formula is C27H26N4O3. The number of carbonyl (C=O) groups excluding carboxylic acids is 2. The first kappa shape index (κ1) is 21.8. The summed E-state index contributed by atoms with van der Waals surface area (Å²) < 4.78 is 6.87. The number of anilines is 1. The van der Waals surface area contributed by atoms with Gasteiger partial charge in [-0.3, -0.25) is 9.69 Å². The van der Waals surface area contributed by atoms with Crippen LogP contribution < -0.4 is 4.90 Å². The number of nitrogens with zero attached hydrogens (tertiary/aromatic N) is 4. The molecule has 0 spiro atoms. The number of aromatic nitrogens is 3. The summed E-state index contributed by atoms with van der Waals surface area (Å²) in [4.78, 5) is 33.3. The number of hydrogen-bond donors (Lipinski definition) is 0. The van der Waals surface area contributed by atoms with Crippen molar-refractivity contribution in [3.8, 4) is 11.3 Å². The Balaban J connectivity index is 1.73. The van der Waals surface area contributed by atoms with Gasteiger partial charge in [0.2, 0.25) is 0 Å². The van der Waals surface area contributed by atoms with Crippen LogP contribution in [0.3, 0.4) is 0 Å². The largest absolute Gasteiger partial charge is 0.467 e. The molecule has 7 nitrogen and oxygen atoms in total. The number of benzene rings is 2. The van der Waals surface area contributed by atoms with Gasteiger partial charge in [-0.1, -0.05) is 42.5 Å².